The van der Waals surface area contributed by atoms with Gasteiger partial charge in [0, 0.05) is 17.5 Å². The van der Waals surface area contributed by atoms with Crippen LogP contribution in [0, 0.1) is 11.8 Å². The fourth-order valence-corrected chi connectivity index (χ4v) is 3.99. The molecule has 1 aliphatic rings. The van der Waals surface area contributed by atoms with Crippen molar-refractivity contribution in [3.8, 4) is 0 Å². The van der Waals surface area contributed by atoms with Crippen LogP contribution in [0.1, 0.15) is 31.2 Å². The van der Waals surface area contributed by atoms with Crippen molar-refractivity contribution in [1.82, 2.24) is 10.2 Å². The highest BCUT2D eigenvalue weighted by Gasteiger charge is 2.30. The summed E-state index contributed by atoms with van der Waals surface area (Å²) in [5, 5.41) is 5.51. The maximum absolute atomic E-state index is 3.31. The summed E-state index contributed by atoms with van der Waals surface area (Å²) < 4.78 is 0. The molecule has 3 heteroatoms. The first-order valence-corrected chi connectivity index (χ1v) is 7.52. The van der Waals surface area contributed by atoms with Gasteiger partial charge in [0.05, 0.1) is 0 Å². The maximum atomic E-state index is 3.31. The first kappa shape index (κ1) is 13.1. The molecule has 1 aliphatic heterocycles. The van der Waals surface area contributed by atoms with Crippen LogP contribution >= 0.6 is 11.3 Å². The van der Waals surface area contributed by atoms with Gasteiger partial charge in [-0.1, -0.05) is 19.9 Å². The second-order valence-corrected chi connectivity index (χ2v) is 6.39. The summed E-state index contributed by atoms with van der Waals surface area (Å²) in [6, 6.07) is 5.09. The van der Waals surface area contributed by atoms with Crippen molar-refractivity contribution in [3.63, 3.8) is 0 Å². The molecular weight excluding hydrogens is 228 g/mol. The molecule has 0 aliphatic carbocycles. The van der Waals surface area contributed by atoms with Crippen LogP contribution in [-0.4, -0.2) is 31.6 Å². The predicted molar refractivity (Wildman–Crippen MR) is 75.5 cm³/mol. The van der Waals surface area contributed by atoms with Gasteiger partial charge in [0.1, 0.15) is 0 Å². The minimum absolute atomic E-state index is 0.622. The van der Waals surface area contributed by atoms with Crippen LogP contribution < -0.4 is 5.32 Å². The van der Waals surface area contributed by atoms with Crippen molar-refractivity contribution in [1.29, 1.82) is 0 Å². The second kappa shape index (κ2) is 5.98. The number of likely N-dealkylation sites (tertiary alicyclic amines) is 1. The molecule has 2 rings (SSSR count). The van der Waals surface area contributed by atoms with Crippen LogP contribution in [0.3, 0.4) is 0 Å². The van der Waals surface area contributed by atoms with Gasteiger partial charge in [-0.25, -0.2) is 0 Å². The largest absolute Gasteiger partial charge is 0.319 e. The van der Waals surface area contributed by atoms with Gasteiger partial charge in [0.2, 0.25) is 0 Å². The molecule has 1 fully saturated rings. The molecule has 0 amide bonds. The summed E-state index contributed by atoms with van der Waals surface area (Å²) >= 11 is 1.90. The van der Waals surface area contributed by atoms with Crippen LogP contribution in [0.15, 0.2) is 17.5 Å². The highest BCUT2D eigenvalue weighted by molar-refractivity contribution is 7.10. The molecular formula is C14H24N2S. The van der Waals surface area contributed by atoms with Crippen LogP contribution in [0.5, 0.6) is 0 Å². The lowest BCUT2D eigenvalue weighted by molar-refractivity contribution is 0.189. The lowest BCUT2D eigenvalue weighted by Gasteiger charge is -2.30. The number of nitrogens with one attached hydrogen (secondary N) is 1. The van der Waals surface area contributed by atoms with E-state index in [0.29, 0.717) is 12.0 Å². The molecule has 0 radical (unpaired) electrons. The summed E-state index contributed by atoms with van der Waals surface area (Å²) in [5.41, 5.74) is 0. The molecule has 0 aromatic carbocycles. The smallest absolute Gasteiger partial charge is 0.0464 e. The third kappa shape index (κ3) is 3.09. The van der Waals surface area contributed by atoms with Gasteiger partial charge in [-0.2, -0.15) is 0 Å². The standard InChI is InChI=1S/C14H24N2S/c1-11(2)14(13-5-4-8-17-13)16-7-6-12(10-16)9-15-3/h4-5,8,11-12,14-15H,6-7,9-10H2,1-3H3. The minimum Gasteiger partial charge on any atom is -0.319 e. The topological polar surface area (TPSA) is 15.3 Å². The Morgan fingerprint density at radius 1 is 1.53 bits per heavy atom. The molecule has 0 saturated carbocycles. The molecule has 1 aromatic rings. The maximum Gasteiger partial charge on any atom is 0.0464 e. The van der Waals surface area contributed by atoms with Crippen molar-refractivity contribution in [3.05, 3.63) is 22.4 Å². The van der Waals surface area contributed by atoms with Gasteiger partial charge in [-0.05, 0) is 49.8 Å². The van der Waals surface area contributed by atoms with Crippen molar-refractivity contribution in [2.45, 2.75) is 26.3 Å². The Balaban J connectivity index is 2.03. The number of thiophene rings is 1. The normalized spacial score (nSPS) is 23.4. The Bertz CT molecular complexity index is 321. The third-order valence-electron chi connectivity index (χ3n) is 3.67. The predicted octanol–water partition coefficient (Wildman–Crippen LogP) is 2.99. The highest BCUT2D eigenvalue weighted by atomic mass is 32.1. The van der Waals surface area contributed by atoms with Crippen molar-refractivity contribution in [2.24, 2.45) is 11.8 Å². The van der Waals surface area contributed by atoms with E-state index in [1.54, 1.807) is 0 Å². The van der Waals surface area contributed by atoms with Gasteiger partial charge in [0.15, 0.2) is 0 Å². The quantitative estimate of drug-likeness (QED) is 0.866. The Hall–Kier alpha value is -0.380. The highest BCUT2D eigenvalue weighted by Crippen LogP contribution is 2.35. The lowest BCUT2D eigenvalue weighted by atomic mass is 10.0. The molecule has 0 spiro atoms. The van der Waals surface area contributed by atoms with E-state index in [1.165, 1.54) is 24.4 Å². The fraction of sp³-hybridized carbons (Fsp3) is 0.714. The van der Waals surface area contributed by atoms with E-state index in [1.807, 2.05) is 11.3 Å². The summed E-state index contributed by atoms with van der Waals surface area (Å²) in [7, 11) is 2.06. The molecule has 2 nitrogen and oxygen atoms in total. The zero-order valence-electron chi connectivity index (χ0n) is 11.1. The molecule has 2 heterocycles. The number of hydrogen-bond acceptors (Lipinski definition) is 3. The molecule has 1 saturated heterocycles. The molecule has 96 valence electrons. The number of nitrogens with zero attached hydrogens (tertiary/aromatic N) is 1. The second-order valence-electron chi connectivity index (χ2n) is 5.41. The van der Waals surface area contributed by atoms with E-state index in [-0.39, 0.29) is 0 Å². The van der Waals surface area contributed by atoms with E-state index in [2.05, 4.69) is 48.6 Å². The molecule has 1 N–H and O–H groups in total. The Kier molecular flexibility index (Phi) is 4.60. The first-order chi connectivity index (χ1) is 8.22. The molecule has 2 unspecified atom stereocenters. The van der Waals surface area contributed by atoms with E-state index in [4.69, 9.17) is 0 Å². The Morgan fingerprint density at radius 2 is 2.35 bits per heavy atom. The van der Waals surface area contributed by atoms with E-state index in [9.17, 15) is 0 Å². The Labute approximate surface area is 109 Å². The van der Waals surface area contributed by atoms with Gasteiger partial charge >= 0.3 is 0 Å². The number of hydrogen-bond donors (Lipinski definition) is 1. The lowest BCUT2D eigenvalue weighted by Crippen LogP contribution is -2.31. The van der Waals surface area contributed by atoms with Gasteiger partial charge in [0.25, 0.3) is 0 Å². The average Bonchev–Trinajstić information content (AvgIpc) is 2.91. The molecule has 1 aromatic heterocycles. The van der Waals surface area contributed by atoms with Gasteiger partial charge < -0.3 is 5.32 Å². The molecule has 17 heavy (non-hydrogen) atoms. The van der Waals surface area contributed by atoms with Crippen LogP contribution in [0.25, 0.3) is 0 Å². The summed E-state index contributed by atoms with van der Waals surface area (Å²) in [5.74, 6) is 1.53. The third-order valence-corrected chi connectivity index (χ3v) is 4.61. The monoisotopic (exact) mass is 252 g/mol. The van der Waals surface area contributed by atoms with E-state index in [0.717, 1.165) is 12.5 Å². The average molecular weight is 252 g/mol. The molecule has 0 bridgehead atoms. The summed E-state index contributed by atoms with van der Waals surface area (Å²) in [4.78, 5) is 4.21. The minimum atomic E-state index is 0.622. The SMILES string of the molecule is CNCC1CCN(C(c2cccs2)C(C)C)C1. The fourth-order valence-electron chi connectivity index (χ4n) is 2.96. The zero-order chi connectivity index (χ0) is 12.3. The van der Waals surface area contributed by atoms with E-state index >= 15 is 0 Å². The van der Waals surface area contributed by atoms with Crippen molar-refractivity contribution >= 4 is 11.3 Å². The number of rotatable bonds is 5. The van der Waals surface area contributed by atoms with Gasteiger partial charge in [-0.3, -0.25) is 4.90 Å². The zero-order valence-corrected chi connectivity index (χ0v) is 12.0. The van der Waals surface area contributed by atoms with Crippen LogP contribution in [0.4, 0.5) is 0 Å². The summed E-state index contributed by atoms with van der Waals surface area (Å²) in [6.45, 7) is 8.35. The van der Waals surface area contributed by atoms with Crippen LogP contribution in [-0.2, 0) is 0 Å². The first-order valence-electron chi connectivity index (χ1n) is 6.64. The van der Waals surface area contributed by atoms with Crippen molar-refractivity contribution in [2.75, 3.05) is 26.7 Å². The van der Waals surface area contributed by atoms with Crippen molar-refractivity contribution < 1.29 is 0 Å². The summed E-state index contributed by atoms with van der Waals surface area (Å²) in [6.07, 6.45) is 1.34. The van der Waals surface area contributed by atoms with Crippen LogP contribution in [0.2, 0.25) is 0 Å². The Morgan fingerprint density at radius 3 is 2.94 bits per heavy atom. The van der Waals surface area contributed by atoms with Gasteiger partial charge in [-0.15, -0.1) is 11.3 Å². The molecule has 2 atom stereocenters. The van der Waals surface area contributed by atoms with E-state index < -0.39 is 0 Å².